The lowest BCUT2D eigenvalue weighted by Gasteiger charge is -2.21. The van der Waals surface area contributed by atoms with Crippen molar-refractivity contribution in [1.29, 1.82) is 0 Å². The molecule has 4 aromatic rings. The highest BCUT2D eigenvalue weighted by Crippen LogP contribution is 2.36. The Bertz CT molecular complexity index is 1250. The normalized spacial score (nSPS) is 16.4. The van der Waals surface area contributed by atoms with Crippen LogP contribution in [0.5, 0.6) is 0 Å². The Morgan fingerprint density at radius 3 is 2.35 bits per heavy atom. The van der Waals surface area contributed by atoms with Gasteiger partial charge >= 0.3 is 0 Å². The van der Waals surface area contributed by atoms with Crippen molar-refractivity contribution in [3.05, 3.63) is 94.8 Å². The van der Waals surface area contributed by atoms with Crippen molar-refractivity contribution < 1.29 is 4.79 Å². The van der Waals surface area contributed by atoms with Crippen molar-refractivity contribution in [2.24, 2.45) is 0 Å². The number of carbonyl (C=O) groups is 1. The maximum Gasteiger partial charge on any atom is 0.227 e. The maximum absolute atomic E-state index is 13.1. The van der Waals surface area contributed by atoms with Crippen molar-refractivity contribution in [3.8, 4) is 0 Å². The number of hydrogen-bond donors (Lipinski definition) is 0. The first-order valence-corrected chi connectivity index (χ1v) is 10.9. The van der Waals surface area contributed by atoms with Crippen LogP contribution in [-0.4, -0.2) is 22.0 Å². The van der Waals surface area contributed by atoms with Gasteiger partial charge < -0.3 is 9.47 Å². The average molecular weight is 410 g/mol. The number of para-hydroxylation sites is 3. The van der Waals surface area contributed by atoms with Crippen molar-refractivity contribution in [3.63, 3.8) is 0 Å². The predicted octanol–water partition coefficient (Wildman–Crippen LogP) is 5.53. The number of anilines is 1. The van der Waals surface area contributed by atoms with E-state index in [0.29, 0.717) is 13.0 Å². The number of aromatic nitrogens is 2. The summed E-state index contributed by atoms with van der Waals surface area (Å²) in [5.74, 6) is 1.25. The van der Waals surface area contributed by atoms with Crippen LogP contribution >= 0.6 is 0 Å². The topological polar surface area (TPSA) is 38.1 Å². The fourth-order valence-corrected chi connectivity index (χ4v) is 4.78. The Morgan fingerprint density at radius 2 is 1.61 bits per heavy atom. The largest absolute Gasteiger partial charge is 0.323 e. The van der Waals surface area contributed by atoms with Crippen LogP contribution in [0.4, 0.5) is 5.69 Å². The lowest BCUT2D eigenvalue weighted by Crippen LogP contribution is -2.26. The molecule has 0 bridgehead atoms. The van der Waals surface area contributed by atoms with Gasteiger partial charge in [0.25, 0.3) is 0 Å². The Kier molecular flexibility index (Phi) is 4.85. The van der Waals surface area contributed by atoms with E-state index in [1.807, 2.05) is 17.0 Å². The van der Waals surface area contributed by atoms with Gasteiger partial charge in [0.15, 0.2) is 0 Å². The lowest BCUT2D eigenvalue weighted by molar-refractivity contribution is -0.117. The van der Waals surface area contributed by atoms with Crippen LogP contribution in [0, 0.1) is 20.8 Å². The fraction of sp³-hybridized carbons (Fsp3) is 0.259. The number of imidazole rings is 1. The molecule has 0 saturated carbocycles. The van der Waals surface area contributed by atoms with E-state index in [0.717, 1.165) is 40.2 Å². The minimum atomic E-state index is 0.0735. The molecule has 0 aliphatic carbocycles. The second-order valence-electron chi connectivity index (χ2n) is 8.68. The Morgan fingerprint density at radius 1 is 0.903 bits per heavy atom. The highest BCUT2D eigenvalue weighted by atomic mass is 16.2. The summed E-state index contributed by atoms with van der Waals surface area (Å²) in [6, 6.07) is 23.1. The third kappa shape index (κ3) is 3.52. The van der Waals surface area contributed by atoms with E-state index in [-0.39, 0.29) is 11.8 Å². The Hall–Kier alpha value is -3.40. The van der Waals surface area contributed by atoms with Gasteiger partial charge in [-0.05, 0) is 49.6 Å². The molecule has 2 heterocycles. The number of rotatable bonds is 4. The molecule has 5 rings (SSSR count). The average Bonchev–Trinajstić information content (AvgIpc) is 3.31. The highest BCUT2D eigenvalue weighted by Gasteiger charge is 2.35. The number of amides is 1. The van der Waals surface area contributed by atoms with Crippen molar-refractivity contribution in [2.45, 2.75) is 39.7 Å². The first-order valence-electron chi connectivity index (χ1n) is 10.9. The first-order chi connectivity index (χ1) is 15.0. The number of fused-ring (bicyclic) bond motifs is 1. The number of aryl methyl sites for hydroxylation is 3. The van der Waals surface area contributed by atoms with E-state index in [2.05, 4.69) is 79.9 Å². The van der Waals surface area contributed by atoms with Gasteiger partial charge in [0, 0.05) is 31.1 Å². The van der Waals surface area contributed by atoms with Gasteiger partial charge in [-0.1, -0.05) is 60.2 Å². The standard InChI is InChI=1S/C27H27N3O/c1-18-11-13-21(14-12-18)16-29-24-10-5-4-9-23(24)28-27(29)22-15-25(31)30(17-22)26-19(2)7-6-8-20(26)3/h4-14,22H,15-17H2,1-3H3/t22-/m0/s1. The van der Waals surface area contributed by atoms with E-state index in [1.54, 1.807) is 0 Å². The summed E-state index contributed by atoms with van der Waals surface area (Å²) in [4.78, 5) is 20.0. The molecule has 3 aromatic carbocycles. The molecule has 1 aliphatic heterocycles. The quantitative estimate of drug-likeness (QED) is 0.444. The molecular weight excluding hydrogens is 382 g/mol. The summed E-state index contributed by atoms with van der Waals surface area (Å²) in [6.07, 6.45) is 0.491. The minimum absolute atomic E-state index is 0.0735. The zero-order valence-electron chi connectivity index (χ0n) is 18.3. The number of carbonyl (C=O) groups excluding carboxylic acids is 1. The number of hydrogen-bond acceptors (Lipinski definition) is 2. The van der Waals surface area contributed by atoms with Crippen molar-refractivity contribution >= 4 is 22.6 Å². The molecular formula is C27H27N3O. The predicted molar refractivity (Wildman–Crippen MR) is 126 cm³/mol. The van der Waals surface area contributed by atoms with Crippen LogP contribution in [0.3, 0.4) is 0 Å². The molecule has 0 spiro atoms. The smallest absolute Gasteiger partial charge is 0.227 e. The van der Waals surface area contributed by atoms with Crippen LogP contribution in [0.2, 0.25) is 0 Å². The summed E-state index contributed by atoms with van der Waals surface area (Å²) >= 11 is 0. The zero-order chi connectivity index (χ0) is 21.5. The first kappa shape index (κ1) is 19.6. The summed E-state index contributed by atoms with van der Waals surface area (Å²) in [5, 5.41) is 0. The maximum atomic E-state index is 13.1. The van der Waals surface area contributed by atoms with Crippen LogP contribution in [0.15, 0.2) is 66.7 Å². The van der Waals surface area contributed by atoms with Crippen molar-refractivity contribution in [2.75, 3.05) is 11.4 Å². The molecule has 1 fully saturated rings. The van der Waals surface area contributed by atoms with Gasteiger partial charge in [0.2, 0.25) is 5.91 Å². The second kappa shape index (κ2) is 7.69. The van der Waals surface area contributed by atoms with E-state index < -0.39 is 0 Å². The number of nitrogens with zero attached hydrogens (tertiary/aromatic N) is 3. The van der Waals surface area contributed by atoms with Crippen LogP contribution in [-0.2, 0) is 11.3 Å². The summed E-state index contributed by atoms with van der Waals surface area (Å²) in [6.45, 7) is 7.69. The summed E-state index contributed by atoms with van der Waals surface area (Å²) in [7, 11) is 0. The van der Waals surface area contributed by atoms with Gasteiger partial charge in [0.1, 0.15) is 5.82 Å². The van der Waals surface area contributed by atoms with Crippen molar-refractivity contribution in [1.82, 2.24) is 9.55 Å². The van der Waals surface area contributed by atoms with Crippen LogP contribution in [0.25, 0.3) is 11.0 Å². The molecule has 1 atom stereocenters. The lowest BCUT2D eigenvalue weighted by atomic mass is 10.1. The van der Waals surface area contributed by atoms with Gasteiger partial charge in [-0.3, -0.25) is 4.79 Å². The monoisotopic (exact) mass is 409 g/mol. The Balaban J connectivity index is 1.54. The zero-order valence-corrected chi connectivity index (χ0v) is 18.3. The third-order valence-corrected chi connectivity index (χ3v) is 6.34. The number of benzene rings is 3. The summed E-state index contributed by atoms with van der Waals surface area (Å²) in [5.41, 5.74) is 7.94. The molecule has 1 amide bonds. The van der Waals surface area contributed by atoms with Gasteiger partial charge in [0.05, 0.1) is 11.0 Å². The molecule has 0 radical (unpaired) electrons. The molecule has 0 N–H and O–H groups in total. The third-order valence-electron chi connectivity index (χ3n) is 6.34. The molecule has 0 unspecified atom stereocenters. The molecule has 1 aliphatic rings. The molecule has 31 heavy (non-hydrogen) atoms. The van der Waals surface area contributed by atoms with E-state index >= 15 is 0 Å². The van der Waals surface area contributed by atoms with E-state index in [1.165, 1.54) is 11.1 Å². The highest BCUT2D eigenvalue weighted by molar-refractivity contribution is 5.98. The minimum Gasteiger partial charge on any atom is -0.323 e. The van der Waals surface area contributed by atoms with Gasteiger partial charge in [-0.2, -0.15) is 0 Å². The molecule has 156 valence electrons. The molecule has 1 aromatic heterocycles. The molecule has 4 heteroatoms. The fourth-order valence-electron chi connectivity index (χ4n) is 4.78. The summed E-state index contributed by atoms with van der Waals surface area (Å²) < 4.78 is 2.30. The van der Waals surface area contributed by atoms with Crippen LogP contribution < -0.4 is 4.90 Å². The van der Waals surface area contributed by atoms with E-state index in [4.69, 9.17) is 4.98 Å². The van der Waals surface area contributed by atoms with Crippen LogP contribution in [0.1, 0.15) is 40.4 Å². The molecule has 1 saturated heterocycles. The second-order valence-corrected chi connectivity index (χ2v) is 8.68. The molecule has 4 nitrogen and oxygen atoms in total. The van der Waals surface area contributed by atoms with Gasteiger partial charge in [-0.25, -0.2) is 4.98 Å². The SMILES string of the molecule is Cc1ccc(Cn2c([C@H]3CC(=O)N(c4c(C)cccc4C)C3)nc3ccccc32)cc1. The Labute approximate surface area is 183 Å². The van der Waals surface area contributed by atoms with Gasteiger partial charge in [-0.15, -0.1) is 0 Å². The van der Waals surface area contributed by atoms with E-state index in [9.17, 15) is 4.79 Å².